The zero-order valence-electron chi connectivity index (χ0n) is 20.4. The fourth-order valence-electron chi connectivity index (χ4n) is 4.91. The minimum absolute atomic E-state index is 0.0450. The number of carbonyl (C=O) groups is 3. The van der Waals surface area contributed by atoms with E-state index >= 15 is 0 Å². The first kappa shape index (κ1) is 25.1. The molecule has 0 unspecified atom stereocenters. The number of alkyl halides is 3. The molecule has 1 fully saturated rings. The summed E-state index contributed by atoms with van der Waals surface area (Å²) in [6.07, 6.45) is -4.64. The molecule has 196 valence electrons. The molecule has 3 aromatic rings. The summed E-state index contributed by atoms with van der Waals surface area (Å²) in [5.74, 6) is -1.32. The molecule has 1 saturated heterocycles. The zero-order valence-corrected chi connectivity index (χ0v) is 20.4. The standard InChI is InChI=1S/C27H21F3N2O6/c1-36-19-11-14(12-20(37-2)23(19)38-3)21-22(32-24(33)17-9-4-5-10-18(17)25(32)34)26(35)31(21)16-8-6-7-15(13-16)27(28,29)30/h4-13,21-22H,1-3H3/t21-,22-/m0/s1. The highest BCUT2D eigenvalue weighted by Crippen LogP contribution is 2.48. The van der Waals surface area contributed by atoms with Crippen LogP contribution in [-0.2, 0) is 11.0 Å². The smallest absolute Gasteiger partial charge is 0.416 e. The average Bonchev–Trinajstić information content (AvgIpc) is 3.15. The van der Waals surface area contributed by atoms with Crippen LogP contribution in [0, 0.1) is 0 Å². The second-order valence-corrected chi connectivity index (χ2v) is 8.63. The molecule has 38 heavy (non-hydrogen) atoms. The average molecular weight is 526 g/mol. The second-order valence-electron chi connectivity index (χ2n) is 8.63. The lowest BCUT2D eigenvalue weighted by atomic mass is 9.85. The SMILES string of the molecule is COc1cc([C@H]2[C@H](N3C(=O)c4ccccc4C3=O)C(=O)N2c2cccc(C(F)(F)F)c2)cc(OC)c1OC. The first-order valence-corrected chi connectivity index (χ1v) is 11.4. The van der Waals surface area contributed by atoms with Gasteiger partial charge in [0.25, 0.3) is 17.7 Å². The van der Waals surface area contributed by atoms with E-state index in [0.29, 0.717) is 5.56 Å². The number of methoxy groups -OCH3 is 3. The summed E-state index contributed by atoms with van der Waals surface area (Å²) in [6.45, 7) is 0. The van der Waals surface area contributed by atoms with Crippen LogP contribution in [0.5, 0.6) is 17.2 Å². The molecule has 2 heterocycles. The Hall–Kier alpha value is -4.54. The lowest BCUT2D eigenvalue weighted by molar-refractivity contribution is -0.137. The van der Waals surface area contributed by atoms with Crippen molar-refractivity contribution in [2.45, 2.75) is 18.3 Å². The minimum Gasteiger partial charge on any atom is -0.493 e. The summed E-state index contributed by atoms with van der Waals surface area (Å²) < 4.78 is 56.6. The first-order valence-electron chi connectivity index (χ1n) is 11.4. The van der Waals surface area contributed by atoms with Gasteiger partial charge >= 0.3 is 6.18 Å². The maximum Gasteiger partial charge on any atom is 0.416 e. The Balaban J connectivity index is 1.66. The molecule has 0 saturated carbocycles. The highest BCUT2D eigenvalue weighted by Gasteiger charge is 2.57. The van der Waals surface area contributed by atoms with Gasteiger partial charge in [0.15, 0.2) is 11.5 Å². The van der Waals surface area contributed by atoms with Crippen molar-refractivity contribution in [3.05, 3.63) is 82.9 Å². The number of rotatable bonds is 6. The second kappa shape index (κ2) is 9.09. The molecule has 2 atom stereocenters. The molecular weight excluding hydrogens is 505 g/mol. The van der Waals surface area contributed by atoms with E-state index < -0.39 is 41.5 Å². The molecule has 0 radical (unpaired) electrons. The number of fused-ring (bicyclic) bond motifs is 1. The van der Waals surface area contributed by atoms with E-state index in [9.17, 15) is 27.6 Å². The van der Waals surface area contributed by atoms with Gasteiger partial charge in [0.2, 0.25) is 5.75 Å². The number of hydrogen-bond donors (Lipinski definition) is 0. The van der Waals surface area contributed by atoms with Crippen LogP contribution >= 0.6 is 0 Å². The van der Waals surface area contributed by atoms with Gasteiger partial charge in [-0.05, 0) is 48.0 Å². The highest BCUT2D eigenvalue weighted by atomic mass is 19.4. The van der Waals surface area contributed by atoms with Crippen LogP contribution in [0.2, 0.25) is 0 Å². The van der Waals surface area contributed by atoms with Crippen molar-refractivity contribution in [2.75, 3.05) is 26.2 Å². The Labute approximate surface area is 215 Å². The fraction of sp³-hybridized carbons (Fsp3) is 0.222. The summed E-state index contributed by atoms with van der Waals surface area (Å²) in [4.78, 5) is 42.1. The number of carbonyl (C=O) groups excluding carboxylic acids is 3. The van der Waals surface area contributed by atoms with E-state index in [1.807, 2.05) is 0 Å². The lowest BCUT2D eigenvalue weighted by Crippen LogP contribution is -2.67. The predicted octanol–water partition coefficient (Wildman–Crippen LogP) is 4.48. The van der Waals surface area contributed by atoms with Crippen LogP contribution < -0.4 is 19.1 Å². The number of halogens is 3. The monoisotopic (exact) mass is 526 g/mol. The van der Waals surface area contributed by atoms with Gasteiger partial charge in [-0.1, -0.05) is 18.2 Å². The highest BCUT2D eigenvalue weighted by molar-refractivity contribution is 6.24. The van der Waals surface area contributed by atoms with E-state index in [1.54, 1.807) is 12.1 Å². The summed E-state index contributed by atoms with van der Waals surface area (Å²) in [5.41, 5.74) is -0.344. The Morgan fingerprint density at radius 3 is 1.79 bits per heavy atom. The normalized spacial score (nSPS) is 18.8. The van der Waals surface area contributed by atoms with Gasteiger partial charge in [-0.2, -0.15) is 13.2 Å². The molecule has 3 amide bonds. The molecule has 3 aromatic carbocycles. The van der Waals surface area contributed by atoms with E-state index in [-0.39, 0.29) is 34.1 Å². The summed E-state index contributed by atoms with van der Waals surface area (Å²) in [5, 5.41) is 0. The number of hydrogen-bond acceptors (Lipinski definition) is 6. The Bertz CT molecular complexity index is 1410. The number of β-lactam (4-membered cyclic amide) rings is 1. The van der Waals surface area contributed by atoms with Crippen molar-refractivity contribution in [1.29, 1.82) is 0 Å². The number of amides is 3. The van der Waals surface area contributed by atoms with Gasteiger partial charge < -0.3 is 19.1 Å². The van der Waals surface area contributed by atoms with Gasteiger partial charge in [-0.15, -0.1) is 0 Å². The summed E-state index contributed by atoms with van der Waals surface area (Å²) >= 11 is 0. The van der Waals surface area contributed by atoms with Crippen LogP contribution in [-0.4, -0.2) is 50.0 Å². The maximum absolute atomic E-state index is 13.6. The number of benzene rings is 3. The number of anilines is 1. The Morgan fingerprint density at radius 1 is 0.711 bits per heavy atom. The lowest BCUT2D eigenvalue weighted by Gasteiger charge is -2.50. The fourth-order valence-corrected chi connectivity index (χ4v) is 4.91. The molecule has 8 nitrogen and oxygen atoms in total. The minimum atomic E-state index is -4.64. The molecule has 2 aliphatic heterocycles. The molecule has 2 aliphatic rings. The van der Waals surface area contributed by atoms with Crippen LogP contribution in [0.1, 0.15) is 37.9 Å². The number of ether oxygens (including phenoxy) is 3. The maximum atomic E-state index is 13.6. The van der Waals surface area contributed by atoms with Crippen LogP contribution in [0.25, 0.3) is 0 Å². The molecule has 0 aromatic heterocycles. The summed E-state index contributed by atoms with van der Waals surface area (Å²) in [6, 6.07) is 11.2. The molecule has 0 spiro atoms. The largest absolute Gasteiger partial charge is 0.493 e. The molecule has 0 N–H and O–H groups in total. The van der Waals surface area contributed by atoms with Gasteiger partial charge in [0.05, 0.1) is 44.1 Å². The molecular formula is C27H21F3N2O6. The van der Waals surface area contributed by atoms with Gasteiger partial charge in [0, 0.05) is 5.69 Å². The number of nitrogens with zero attached hydrogens (tertiary/aromatic N) is 2. The van der Waals surface area contributed by atoms with Crippen molar-refractivity contribution in [3.8, 4) is 17.2 Å². The molecule has 0 bridgehead atoms. The van der Waals surface area contributed by atoms with Crippen LogP contribution in [0.4, 0.5) is 18.9 Å². The van der Waals surface area contributed by atoms with Gasteiger partial charge in [-0.25, -0.2) is 0 Å². The summed E-state index contributed by atoms with van der Waals surface area (Å²) in [7, 11) is 4.18. The Kier molecular flexibility index (Phi) is 6.01. The van der Waals surface area contributed by atoms with E-state index in [4.69, 9.17) is 14.2 Å². The third kappa shape index (κ3) is 3.73. The molecule has 5 rings (SSSR count). The van der Waals surface area contributed by atoms with Crippen molar-refractivity contribution < 1.29 is 41.8 Å². The van der Waals surface area contributed by atoms with Crippen molar-refractivity contribution >= 4 is 23.4 Å². The first-order chi connectivity index (χ1) is 18.1. The van der Waals surface area contributed by atoms with Gasteiger partial charge in [0.1, 0.15) is 6.04 Å². The van der Waals surface area contributed by atoms with Crippen molar-refractivity contribution in [2.24, 2.45) is 0 Å². The topological polar surface area (TPSA) is 85.4 Å². The van der Waals surface area contributed by atoms with E-state index in [2.05, 4.69) is 0 Å². The zero-order chi connectivity index (χ0) is 27.4. The predicted molar refractivity (Wildman–Crippen MR) is 128 cm³/mol. The van der Waals surface area contributed by atoms with Crippen molar-refractivity contribution in [3.63, 3.8) is 0 Å². The molecule has 11 heteroatoms. The quantitative estimate of drug-likeness (QED) is 0.348. The van der Waals surface area contributed by atoms with Gasteiger partial charge in [-0.3, -0.25) is 19.3 Å². The van der Waals surface area contributed by atoms with E-state index in [0.717, 1.165) is 21.9 Å². The van der Waals surface area contributed by atoms with Crippen molar-refractivity contribution in [1.82, 2.24) is 4.90 Å². The number of imide groups is 1. The van der Waals surface area contributed by atoms with Crippen LogP contribution in [0.3, 0.4) is 0 Å². The van der Waals surface area contributed by atoms with Crippen LogP contribution in [0.15, 0.2) is 60.7 Å². The molecule has 0 aliphatic carbocycles. The third-order valence-electron chi connectivity index (χ3n) is 6.65. The van der Waals surface area contributed by atoms with E-state index in [1.165, 1.54) is 57.7 Å². The Morgan fingerprint density at radius 2 is 1.29 bits per heavy atom. The third-order valence-corrected chi connectivity index (χ3v) is 6.65.